The molecule has 11 nitrogen and oxygen atoms in total. The van der Waals surface area contributed by atoms with Crippen LogP contribution in [0.4, 0.5) is 11.6 Å². The van der Waals surface area contributed by atoms with Crippen molar-refractivity contribution in [2.45, 2.75) is 39.2 Å². The first-order chi connectivity index (χ1) is 17.7. The van der Waals surface area contributed by atoms with Crippen LogP contribution in [0.2, 0.25) is 0 Å². The number of imidazole rings is 1. The highest BCUT2D eigenvalue weighted by Gasteiger charge is 2.27. The van der Waals surface area contributed by atoms with Crippen molar-refractivity contribution in [1.82, 2.24) is 30.2 Å². The molecule has 0 radical (unpaired) electrons. The molecule has 0 bridgehead atoms. The first-order valence-corrected chi connectivity index (χ1v) is 12.2. The number of aromatic nitrogens is 4. The highest BCUT2D eigenvalue weighted by Crippen LogP contribution is 2.28. The molecule has 0 spiro atoms. The van der Waals surface area contributed by atoms with Crippen LogP contribution < -0.4 is 16.1 Å². The van der Waals surface area contributed by atoms with Crippen LogP contribution in [0, 0.1) is 5.41 Å². The summed E-state index contributed by atoms with van der Waals surface area (Å²) in [7, 11) is 4.02. The number of aromatic amines is 1. The third-order valence-electron chi connectivity index (χ3n) is 5.75. The number of hydrazone groups is 1. The Kier molecular flexibility index (Phi) is 9.45. The summed E-state index contributed by atoms with van der Waals surface area (Å²) < 4.78 is 0. The van der Waals surface area contributed by atoms with E-state index < -0.39 is 5.54 Å². The normalized spacial score (nSPS) is 11.6. The molecule has 2 heterocycles. The Hall–Kier alpha value is -4.12. The Balaban J connectivity index is 1.64. The number of nitrogens with one attached hydrogen (secondary N) is 5. The van der Waals surface area contributed by atoms with Crippen molar-refractivity contribution in [2.75, 3.05) is 37.9 Å². The molecule has 3 aromatic rings. The van der Waals surface area contributed by atoms with E-state index in [9.17, 15) is 4.79 Å². The van der Waals surface area contributed by atoms with Crippen molar-refractivity contribution in [1.29, 1.82) is 5.41 Å². The Morgan fingerprint density at radius 1 is 1.16 bits per heavy atom. The van der Waals surface area contributed by atoms with E-state index in [4.69, 9.17) is 5.41 Å². The van der Waals surface area contributed by atoms with E-state index in [-0.39, 0.29) is 5.91 Å². The van der Waals surface area contributed by atoms with Gasteiger partial charge in [0.05, 0.1) is 29.3 Å². The Bertz CT molecular complexity index is 1210. The second kappa shape index (κ2) is 12.7. The molecule has 0 aliphatic rings. The Labute approximate surface area is 217 Å². The monoisotopic (exact) mass is 504 g/mol. The largest absolute Gasteiger partial charge is 0.359 e. The zero-order valence-electron chi connectivity index (χ0n) is 22.1. The summed E-state index contributed by atoms with van der Waals surface area (Å²) in [5.74, 6) is 0.797. The molecule has 0 unspecified atom stereocenters. The molecule has 0 aliphatic carbocycles. The molecule has 3 rings (SSSR count). The van der Waals surface area contributed by atoms with Gasteiger partial charge in [-0.3, -0.25) is 10.2 Å². The number of anilines is 2. The van der Waals surface area contributed by atoms with Crippen molar-refractivity contribution < 1.29 is 4.79 Å². The summed E-state index contributed by atoms with van der Waals surface area (Å²) in [6.45, 7) is 7.65. The zero-order chi connectivity index (χ0) is 26.8. The van der Waals surface area contributed by atoms with Crippen molar-refractivity contribution >= 4 is 30.0 Å². The minimum atomic E-state index is -0.529. The summed E-state index contributed by atoms with van der Waals surface area (Å²) >= 11 is 0. The second-order valence-electron chi connectivity index (χ2n) is 9.37. The van der Waals surface area contributed by atoms with Gasteiger partial charge in [-0.2, -0.15) is 5.10 Å². The quantitative estimate of drug-likeness (QED) is 0.136. The van der Waals surface area contributed by atoms with E-state index >= 15 is 0 Å². The van der Waals surface area contributed by atoms with Gasteiger partial charge in [-0.05, 0) is 65.0 Å². The average molecular weight is 505 g/mol. The summed E-state index contributed by atoms with van der Waals surface area (Å²) in [4.78, 5) is 30.6. The molecular formula is C26H36N10O. The van der Waals surface area contributed by atoms with Gasteiger partial charge in [0.15, 0.2) is 5.82 Å². The van der Waals surface area contributed by atoms with Gasteiger partial charge in [-0.25, -0.2) is 15.0 Å². The number of carbonyl (C=O) groups is 1. The van der Waals surface area contributed by atoms with Gasteiger partial charge in [0.2, 0.25) is 0 Å². The topological polar surface area (TPSA) is 147 Å². The van der Waals surface area contributed by atoms with E-state index in [1.165, 1.54) is 12.5 Å². The van der Waals surface area contributed by atoms with Gasteiger partial charge in [0.1, 0.15) is 12.1 Å². The van der Waals surface area contributed by atoms with Crippen LogP contribution in [0.5, 0.6) is 0 Å². The Morgan fingerprint density at radius 2 is 1.89 bits per heavy atom. The molecule has 2 aromatic heterocycles. The molecule has 37 heavy (non-hydrogen) atoms. The maximum Gasteiger partial charge on any atom is 0.251 e. The van der Waals surface area contributed by atoms with Crippen molar-refractivity contribution in [3.05, 3.63) is 65.0 Å². The van der Waals surface area contributed by atoms with Crippen LogP contribution in [0.1, 0.15) is 60.1 Å². The van der Waals surface area contributed by atoms with E-state index in [1.54, 1.807) is 24.7 Å². The fourth-order valence-corrected chi connectivity index (χ4v) is 3.79. The summed E-state index contributed by atoms with van der Waals surface area (Å²) in [5, 5.41) is 18.5. The standard InChI is InChI=1S/C26H36N10O/c1-6-21-22(30-16-29-21)26(2,3)34-23-20(14-27)24(32-17-31-23)35-33-15-18-8-10-19(11-9-18)25(37)28-12-7-13-36(4)5/h8-11,14-17,27H,6-7,12-13H2,1-5H3,(H,28,37)(H,29,30)(H2,31,32,34,35)/b27-14?,33-15+. The van der Waals surface area contributed by atoms with Crippen molar-refractivity contribution in [3.8, 4) is 0 Å². The van der Waals surface area contributed by atoms with Crippen LogP contribution in [-0.2, 0) is 12.0 Å². The molecular weight excluding hydrogens is 468 g/mol. The first kappa shape index (κ1) is 27.5. The predicted molar refractivity (Wildman–Crippen MR) is 148 cm³/mol. The SMILES string of the molecule is CCc1[nH]cnc1C(C)(C)Nc1ncnc(N/N=C/c2ccc(C(=O)NCCCN(C)C)cc2)c1C=N. The van der Waals surface area contributed by atoms with Gasteiger partial charge in [-0.1, -0.05) is 19.1 Å². The molecule has 0 saturated heterocycles. The summed E-state index contributed by atoms with van der Waals surface area (Å²) in [6.07, 6.45) is 7.64. The number of aryl methyl sites for hydroxylation is 1. The average Bonchev–Trinajstić information content (AvgIpc) is 3.37. The molecule has 0 atom stereocenters. The number of amides is 1. The highest BCUT2D eigenvalue weighted by molar-refractivity contribution is 5.95. The minimum absolute atomic E-state index is 0.0965. The number of nitrogens with zero attached hydrogens (tertiary/aromatic N) is 5. The van der Waals surface area contributed by atoms with Crippen LogP contribution >= 0.6 is 0 Å². The smallest absolute Gasteiger partial charge is 0.251 e. The van der Waals surface area contributed by atoms with Crippen LogP contribution in [-0.4, -0.2) is 70.4 Å². The zero-order valence-corrected chi connectivity index (χ0v) is 22.1. The number of hydrogen-bond acceptors (Lipinski definition) is 9. The third kappa shape index (κ3) is 7.43. The van der Waals surface area contributed by atoms with Crippen LogP contribution in [0.25, 0.3) is 0 Å². The van der Waals surface area contributed by atoms with Gasteiger partial charge < -0.3 is 25.9 Å². The summed E-state index contributed by atoms with van der Waals surface area (Å²) in [5.41, 5.74) is 6.18. The van der Waals surface area contributed by atoms with Gasteiger partial charge >= 0.3 is 0 Å². The first-order valence-electron chi connectivity index (χ1n) is 12.2. The molecule has 0 saturated carbocycles. The van der Waals surface area contributed by atoms with Crippen LogP contribution in [0.3, 0.4) is 0 Å². The maximum atomic E-state index is 12.3. The fourth-order valence-electron chi connectivity index (χ4n) is 3.79. The van der Waals surface area contributed by atoms with Gasteiger partial charge in [0, 0.05) is 24.0 Å². The van der Waals surface area contributed by atoms with E-state index in [2.05, 4.69) is 52.9 Å². The maximum absolute atomic E-state index is 12.3. The predicted octanol–water partition coefficient (Wildman–Crippen LogP) is 3.23. The Morgan fingerprint density at radius 3 is 2.57 bits per heavy atom. The molecule has 11 heteroatoms. The van der Waals surface area contributed by atoms with Crippen LogP contribution in [0.15, 0.2) is 42.0 Å². The van der Waals surface area contributed by atoms with Gasteiger partial charge in [-0.15, -0.1) is 0 Å². The van der Waals surface area contributed by atoms with E-state index in [0.29, 0.717) is 29.3 Å². The molecule has 0 aliphatic heterocycles. The van der Waals surface area contributed by atoms with Crippen molar-refractivity contribution in [2.24, 2.45) is 5.10 Å². The lowest BCUT2D eigenvalue weighted by atomic mass is 9.97. The fraction of sp³-hybridized carbons (Fsp3) is 0.385. The number of hydrogen-bond donors (Lipinski definition) is 5. The lowest BCUT2D eigenvalue weighted by molar-refractivity contribution is 0.0952. The summed E-state index contributed by atoms with van der Waals surface area (Å²) in [6, 6.07) is 7.17. The van der Waals surface area contributed by atoms with E-state index in [0.717, 1.165) is 36.3 Å². The number of benzene rings is 1. The molecule has 0 fully saturated rings. The number of carbonyl (C=O) groups excluding carboxylic acids is 1. The third-order valence-corrected chi connectivity index (χ3v) is 5.75. The highest BCUT2D eigenvalue weighted by atomic mass is 16.1. The second-order valence-corrected chi connectivity index (χ2v) is 9.37. The minimum Gasteiger partial charge on any atom is -0.359 e. The molecule has 196 valence electrons. The number of H-pyrrole nitrogens is 1. The molecule has 5 N–H and O–H groups in total. The van der Waals surface area contributed by atoms with Crippen molar-refractivity contribution in [3.63, 3.8) is 0 Å². The molecule has 1 amide bonds. The van der Waals surface area contributed by atoms with E-state index in [1.807, 2.05) is 40.1 Å². The molecule has 1 aromatic carbocycles. The lowest BCUT2D eigenvalue weighted by Gasteiger charge is -2.27. The number of rotatable bonds is 13. The lowest BCUT2D eigenvalue weighted by Crippen LogP contribution is -2.31. The van der Waals surface area contributed by atoms with Gasteiger partial charge in [0.25, 0.3) is 5.91 Å².